The molecule has 4 aromatic heterocycles. The van der Waals surface area contributed by atoms with E-state index < -0.39 is 36.9 Å². The summed E-state index contributed by atoms with van der Waals surface area (Å²) in [5.41, 5.74) is 2.32. The number of carbonyl (C=O) groups is 1. The fourth-order valence-corrected chi connectivity index (χ4v) is 5.24. The van der Waals surface area contributed by atoms with Gasteiger partial charge in [0.1, 0.15) is 24.0 Å². The third kappa shape index (κ3) is 5.25. The molecule has 0 saturated carbocycles. The molecular weight excluding hydrogens is 563 g/mol. The summed E-state index contributed by atoms with van der Waals surface area (Å²) >= 11 is 6.00. The Kier molecular flexibility index (Phi) is 7.14. The number of rotatable bonds is 7. The molecule has 5 heterocycles. The molecule has 5 aromatic rings. The monoisotopic (exact) mass is 585 g/mol. The number of H-pyrrole nitrogens is 1. The summed E-state index contributed by atoms with van der Waals surface area (Å²) in [4.78, 5) is 19.1. The SMILES string of the molecule is O=C(N[C@H]1CCN(c2ccc(-c3cc(OCC(F)F)cn4nc5[nH]ncc5c34)cn2)C[C@H]1O)c1c(F)cccc1Cl. The lowest BCUT2D eigenvalue weighted by atomic mass is 10.0. The number of aliphatic hydroxyl groups is 1. The molecule has 10 nitrogen and oxygen atoms in total. The summed E-state index contributed by atoms with van der Waals surface area (Å²) in [6.45, 7) is -0.102. The van der Waals surface area contributed by atoms with Crippen LogP contribution in [0, 0.1) is 5.82 Å². The Balaban J connectivity index is 1.20. The van der Waals surface area contributed by atoms with E-state index in [9.17, 15) is 23.1 Å². The Morgan fingerprint density at radius 1 is 1.27 bits per heavy atom. The number of pyridine rings is 2. The molecule has 0 bridgehead atoms. The first kappa shape index (κ1) is 26.8. The van der Waals surface area contributed by atoms with E-state index in [-0.39, 0.29) is 22.9 Å². The van der Waals surface area contributed by atoms with Crippen LogP contribution in [0.15, 0.2) is 55.0 Å². The van der Waals surface area contributed by atoms with Crippen molar-refractivity contribution in [2.45, 2.75) is 25.0 Å². The van der Waals surface area contributed by atoms with Crippen LogP contribution < -0.4 is 15.0 Å². The van der Waals surface area contributed by atoms with E-state index in [0.29, 0.717) is 41.1 Å². The quantitative estimate of drug-likeness (QED) is 0.263. The number of hydrogen-bond donors (Lipinski definition) is 3. The molecular formula is C27H23ClF3N7O3. The van der Waals surface area contributed by atoms with Crippen LogP contribution in [-0.4, -0.2) is 74.1 Å². The van der Waals surface area contributed by atoms with E-state index in [2.05, 4.69) is 25.6 Å². The summed E-state index contributed by atoms with van der Waals surface area (Å²) < 4.78 is 46.5. The van der Waals surface area contributed by atoms with Gasteiger partial charge in [-0.2, -0.15) is 5.10 Å². The maximum absolute atomic E-state index is 14.1. The number of amides is 1. The largest absolute Gasteiger partial charge is 0.486 e. The molecule has 2 atom stereocenters. The predicted octanol–water partition coefficient (Wildman–Crippen LogP) is 4.08. The van der Waals surface area contributed by atoms with Crippen molar-refractivity contribution < 1.29 is 27.8 Å². The van der Waals surface area contributed by atoms with Gasteiger partial charge in [0.25, 0.3) is 12.3 Å². The molecule has 3 N–H and O–H groups in total. The molecule has 6 rings (SSSR count). The number of nitrogens with one attached hydrogen (secondary N) is 2. The van der Waals surface area contributed by atoms with Crippen LogP contribution >= 0.6 is 11.6 Å². The highest BCUT2D eigenvalue weighted by Crippen LogP contribution is 2.33. The number of halogens is 4. The van der Waals surface area contributed by atoms with Crippen LogP contribution in [0.2, 0.25) is 5.02 Å². The topological polar surface area (TPSA) is 121 Å². The standard InChI is InChI=1S/C27H23ClF3N7O3/c28-18-2-1-3-19(29)24(18)27(40)34-20-6-7-37(12-21(20)39)23-5-4-14(9-32-23)16-8-15(41-13-22(30)31)11-38-25(16)17-10-33-35-26(17)36-38/h1-5,8-11,20-22,39H,6-7,12-13H2,(H,34,40)(H,35,36)/t20-,21+/m0/s1. The second kappa shape index (κ2) is 10.9. The fraction of sp³-hybridized carbons (Fsp3) is 0.259. The minimum Gasteiger partial charge on any atom is -0.486 e. The third-order valence-corrected chi connectivity index (χ3v) is 7.26. The van der Waals surface area contributed by atoms with Gasteiger partial charge in [-0.25, -0.2) is 22.7 Å². The van der Waals surface area contributed by atoms with Gasteiger partial charge in [0.2, 0.25) is 0 Å². The van der Waals surface area contributed by atoms with E-state index in [1.54, 1.807) is 29.0 Å². The Labute approximate surface area is 235 Å². The summed E-state index contributed by atoms with van der Waals surface area (Å²) in [6.07, 6.45) is 1.62. The summed E-state index contributed by atoms with van der Waals surface area (Å²) in [6, 6.07) is 8.65. The number of ether oxygens (including phenoxy) is 1. The van der Waals surface area contributed by atoms with Gasteiger partial charge in [-0.3, -0.25) is 9.89 Å². The minimum atomic E-state index is -2.63. The number of aromatic amines is 1. The smallest absolute Gasteiger partial charge is 0.272 e. The zero-order chi connectivity index (χ0) is 28.7. The summed E-state index contributed by atoms with van der Waals surface area (Å²) in [5.74, 6) is -0.610. The molecule has 1 aliphatic heterocycles. The van der Waals surface area contributed by atoms with Crippen molar-refractivity contribution in [3.05, 3.63) is 71.4 Å². The predicted molar refractivity (Wildman–Crippen MR) is 145 cm³/mol. The van der Waals surface area contributed by atoms with Crippen LogP contribution in [0.25, 0.3) is 27.7 Å². The van der Waals surface area contributed by atoms with E-state index in [1.807, 2.05) is 11.0 Å². The van der Waals surface area contributed by atoms with Crippen molar-refractivity contribution in [3.63, 3.8) is 0 Å². The molecule has 1 amide bonds. The highest BCUT2D eigenvalue weighted by molar-refractivity contribution is 6.33. The number of nitrogens with zero attached hydrogens (tertiary/aromatic N) is 5. The Bertz CT molecular complexity index is 1710. The zero-order valence-electron chi connectivity index (χ0n) is 21.3. The number of anilines is 1. The highest BCUT2D eigenvalue weighted by Gasteiger charge is 2.31. The van der Waals surface area contributed by atoms with Gasteiger partial charge in [-0.15, -0.1) is 5.10 Å². The van der Waals surface area contributed by atoms with Crippen molar-refractivity contribution in [2.24, 2.45) is 0 Å². The van der Waals surface area contributed by atoms with E-state index in [0.717, 1.165) is 11.5 Å². The van der Waals surface area contributed by atoms with Crippen molar-refractivity contribution in [1.82, 2.24) is 30.1 Å². The van der Waals surface area contributed by atoms with Gasteiger partial charge in [0.05, 0.1) is 46.0 Å². The maximum atomic E-state index is 14.1. The van der Waals surface area contributed by atoms with Gasteiger partial charge < -0.3 is 20.1 Å². The summed E-state index contributed by atoms with van der Waals surface area (Å²) in [7, 11) is 0. The molecule has 1 saturated heterocycles. The fourth-order valence-electron chi connectivity index (χ4n) is 4.99. The average molecular weight is 586 g/mol. The molecule has 1 aromatic carbocycles. The van der Waals surface area contributed by atoms with Crippen LogP contribution in [0.4, 0.5) is 19.0 Å². The maximum Gasteiger partial charge on any atom is 0.272 e. The van der Waals surface area contributed by atoms with E-state index >= 15 is 0 Å². The van der Waals surface area contributed by atoms with E-state index in [1.165, 1.54) is 18.3 Å². The van der Waals surface area contributed by atoms with Gasteiger partial charge in [0, 0.05) is 30.4 Å². The van der Waals surface area contributed by atoms with Crippen LogP contribution in [-0.2, 0) is 0 Å². The number of aromatic nitrogens is 5. The Morgan fingerprint density at radius 2 is 2.12 bits per heavy atom. The molecule has 41 heavy (non-hydrogen) atoms. The molecule has 212 valence electrons. The number of hydrogen-bond acceptors (Lipinski definition) is 7. The molecule has 0 aliphatic carbocycles. The second-order valence-electron chi connectivity index (χ2n) is 9.60. The molecule has 14 heteroatoms. The number of piperidine rings is 1. The number of benzene rings is 1. The normalized spacial score (nSPS) is 17.5. The number of alkyl halides is 2. The van der Waals surface area contributed by atoms with Crippen molar-refractivity contribution in [3.8, 4) is 16.9 Å². The van der Waals surface area contributed by atoms with Crippen LogP contribution in [0.1, 0.15) is 16.8 Å². The lowest BCUT2D eigenvalue weighted by Gasteiger charge is -2.37. The van der Waals surface area contributed by atoms with Gasteiger partial charge in [-0.05, 0) is 36.8 Å². The van der Waals surface area contributed by atoms with Crippen LogP contribution in [0.5, 0.6) is 5.75 Å². The zero-order valence-corrected chi connectivity index (χ0v) is 22.0. The van der Waals surface area contributed by atoms with Gasteiger partial charge in [0.15, 0.2) is 5.65 Å². The molecule has 0 radical (unpaired) electrons. The number of fused-ring (bicyclic) bond motifs is 3. The first-order valence-corrected chi connectivity index (χ1v) is 13.1. The number of carbonyl (C=O) groups excluding carboxylic acids is 1. The lowest BCUT2D eigenvalue weighted by Crippen LogP contribution is -2.54. The second-order valence-corrected chi connectivity index (χ2v) is 10.0. The van der Waals surface area contributed by atoms with Crippen LogP contribution in [0.3, 0.4) is 0 Å². The number of β-amino-alcohol motifs (C(OH)–C–C–N with tert-alkyl or cyclic N) is 1. The van der Waals surface area contributed by atoms with Crippen molar-refractivity contribution >= 4 is 39.9 Å². The number of aliphatic hydroxyl groups excluding tert-OH is 1. The van der Waals surface area contributed by atoms with E-state index in [4.69, 9.17) is 16.3 Å². The molecule has 1 fully saturated rings. The minimum absolute atomic E-state index is 0.00783. The van der Waals surface area contributed by atoms with Gasteiger partial charge >= 0.3 is 0 Å². The van der Waals surface area contributed by atoms with Crippen molar-refractivity contribution in [2.75, 3.05) is 24.6 Å². The lowest BCUT2D eigenvalue weighted by molar-refractivity contribution is 0.0794. The molecule has 1 aliphatic rings. The molecule has 0 spiro atoms. The summed E-state index contributed by atoms with van der Waals surface area (Å²) in [5, 5.41) is 25.4. The first-order chi connectivity index (χ1) is 19.8. The average Bonchev–Trinajstić information content (AvgIpc) is 3.54. The Morgan fingerprint density at radius 3 is 2.85 bits per heavy atom. The van der Waals surface area contributed by atoms with Crippen molar-refractivity contribution in [1.29, 1.82) is 0 Å². The highest BCUT2D eigenvalue weighted by atomic mass is 35.5. The first-order valence-electron chi connectivity index (χ1n) is 12.7. The van der Waals surface area contributed by atoms with Gasteiger partial charge in [-0.1, -0.05) is 17.7 Å². The Hall–Kier alpha value is -4.36. The third-order valence-electron chi connectivity index (χ3n) is 6.95. The molecule has 0 unspecified atom stereocenters.